The van der Waals surface area contributed by atoms with Crippen LogP contribution in [0.5, 0.6) is 0 Å². The van der Waals surface area contributed by atoms with E-state index in [1.165, 1.54) is 0 Å². The Morgan fingerprint density at radius 1 is 1.57 bits per heavy atom. The highest BCUT2D eigenvalue weighted by atomic mass is 79.9. The van der Waals surface area contributed by atoms with E-state index in [0.717, 1.165) is 16.4 Å². The van der Waals surface area contributed by atoms with E-state index in [1.54, 1.807) is 11.6 Å². The van der Waals surface area contributed by atoms with E-state index < -0.39 is 0 Å². The van der Waals surface area contributed by atoms with Gasteiger partial charge in [0.15, 0.2) is 5.82 Å². The molecule has 0 aliphatic carbocycles. The van der Waals surface area contributed by atoms with Crippen LogP contribution in [0.4, 0.5) is 4.39 Å². The molecule has 2 aromatic rings. The second-order valence-corrected chi connectivity index (χ2v) is 4.23. The van der Waals surface area contributed by atoms with E-state index in [2.05, 4.69) is 20.9 Å². The second-order valence-electron chi connectivity index (χ2n) is 3.08. The van der Waals surface area contributed by atoms with E-state index in [9.17, 15) is 4.39 Å². The molecule has 0 atom stereocenters. The summed E-state index contributed by atoms with van der Waals surface area (Å²) < 4.78 is 16.0. The summed E-state index contributed by atoms with van der Waals surface area (Å²) >= 11 is 9.27. The first-order chi connectivity index (χ1) is 6.54. The number of nitrogens with zero attached hydrogens (tertiary/aromatic N) is 2. The molecule has 74 valence electrons. The maximum absolute atomic E-state index is 13.5. The molecule has 14 heavy (non-hydrogen) atoms. The molecule has 0 saturated carbocycles. The molecule has 0 aromatic carbocycles. The summed E-state index contributed by atoms with van der Waals surface area (Å²) in [5.41, 5.74) is 1.41. The molecule has 0 aliphatic heterocycles. The number of aryl methyl sites for hydroxylation is 1. The van der Waals surface area contributed by atoms with Crippen LogP contribution in [0.25, 0.3) is 10.9 Å². The van der Waals surface area contributed by atoms with Gasteiger partial charge in [-0.2, -0.15) is 0 Å². The fourth-order valence-electron chi connectivity index (χ4n) is 1.47. The minimum atomic E-state index is -0.360. The largest absolute Gasteiger partial charge is 0.344 e. The molecular weight excluding hydrogens is 270 g/mol. The highest BCUT2D eigenvalue weighted by Gasteiger charge is 2.16. The number of fused-ring (bicyclic) bond motifs is 1. The topological polar surface area (TPSA) is 17.8 Å². The molecule has 0 fully saturated rings. The van der Waals surface area contributed by atoms with Gasteiger partial charge in [0.25, 0.3) is 0 Å². The highest BCUT2D eigenvalue weighted by Crippen LogP contribution is 2.34. The molecule has 0 spiro atoms. The van der Waals surface area contributed by atoms with E-state index in [-0.39, 0.29) is 5.82 Å². The molecule has 0 radical (unpaired) electrons. The number of halogens is 3. The Kier molecular flexibility index (Phi) is 2.27. The highest BCUT2D eigenvalue weighted by molar-refractivity contribution is 9.10. The van der Waals surface area contributed by atoms with Crippen molar-refractivity contribution in [2.75, 3.05) is 0 Å². The van der Waals surface area contributed by atoms with Crippen LogP contribution in [0.1, 0.15) is 5.69 Å². The molecule has 2 nitrogen and oxygen atoms in total. The molecule has 2 heterocycles. The molecule has 0 unspecified atom stereocenters. The lowest BCUT2D eigenvalue weighted by Crippen LogP contribution is -1.93. The fourth-order valence-corrected chi connectivity index (χ4v) is 2.46. The Balaban J connectivity index is 3.08. The lowest BCUT2D eigenvalue weighted by atomic mass is 10.3. The maximum atomic E-state index is 13.5. The molecule has 2 rings (SSSR count). The Morgan fingerprint density at radius 3 is 2.79 bits per heavy atom. The third kappa shape index (κ3) is 1.17. The van der Waals surface area contributed by atoms with Crippen molar-refractivity contribution in [1.29, 1.82) is 0 Å². The summed E-state index contributed by atoms with van der Waals surface area (Å²) in [7, 11) is 1.79. The van der Waals surface area contributed by atoms with Gasteiger partial charge < -0.3 is 4.57 Å². The van der Waals surface area contributed by atoms with Crippen LogP contribution in [-0.4, -0.2) is 9.55 Å². The first-order valence-corrected chi connectivity index (χ1v) is 5.15. The van der Waals surface area contributed by atoms with Gasteiger partial charge >= 0.3 is 0 Å². The fraction of sp³-hybridized carbons (Fsp3) is 0.222. The predicted molar refractivity (Wildman–Crippen MR) is 58.1 cm³/mol. The van der Waals surface area contributed by atoms with E-state index >= 15 is 0 Å². The van der Waals surface area contributed by atoms with Gasteiger partial charge in [0.1, 0.15) is 5.15 Å². The van der Waals surface area contributed by atoms with Crippen LogP contribution in [0.2, 0.25) is 5.15 Å². The Bertz CT molecular complexity index is 476. The number of aromatic nitrogens is 2. The lowest BCUT2D eigenvalue weighted by molar-refractivity contribution is 0.625. The number of pyridine rings is 1. The zero-order valence-electron chi connectivity index (χ0n) is 7.61. The Labute approximate surface area is 93.8 Å². The summed E-state index contributed by atoms with van der Waals surface area (Å²) in [6, 6.07) is 0. The molecule has 0 amide bonds. The van der Waals surface area contributed by atoms with Crippen LogP contribution < -0.4 is 0 Å². The van der Waals surface area contributed by atoms with Crippen molar-refractivity contribution in [1.82, 2.24) is 9.55 Å². The summed E-state index contributed by atoms with van der Waals surface area (Å²) in [6.45, 7) is 1.89. The van der Waals surface area contributed by atoms with Crippen molar-refractivity contribution in [3.63, 3.8) is 0 Å². The average molecular weight is 278 g/mol. The molecule has 0 N–H and O–H groups in total. The summed E-state index contributed by atoms with van der Waals surface area (Å²) in [4.78, 5) is 3.77. The van der Waals surface area contributed by atoms with Gasteiger partial charge in [-0.25, -0.2) is 9.37 Å². The standard InChI is InChI=1S/C9H7BrClFN2/c1-4-7(10)6-8(14(4)2)5(12)3-13-9(6)11/h3H,1-2H3. The number of hydrogen-bond donors (Lipinski definition) is 0. The molecule has 0 bridgehead atoms. The van der Waals surface area contributed by atoms with Gasteiger partial charge in [-0.1, -0.05) is 11.6 Å². The van der Waals surface area contributed by atoms with Crippen molar-refractivity contribution in [2.24, 2.45) is 7.05 Å². The zero-order valence-corrected chi connectivity index (χ0v) is 9.95. The van der Waals surface area contributed by atoms with Gasteiger partial charge in [-0.05, 0) is 22.9 Å². The van der Waals surface area contributed by atoms with Crippen LogP contribution in [0.15, 0.2) is 10.7 Å². The Hall–Kier alpha value is -0.610. The average Bonchev–Trinajstić information content (AvgIpc) is 2.38. The molecule has 2 aromatic heterocycles. The first kappa shape index (κ1) is 9.93. The van der Waals surface area contributed by atoms with Crippen molar-refractivity contribution < 1.29 is 4.39 Å². The van der Waals surface area contributed by atoms with Crippen LogP contribution in [0.3, 0.4) is 0 Å². The molecule has 5 heteroatoms. The number of hydrogen-bond acceptors (Lipinski definition) is 1. The van der Waals surface area contributed by atoms with Crippen molar-refractivity contribution in [3.05, 3.63) is 27.3 Å². The van der Waals surface area contributed by atoms with Gasteiger partial charge in [-0.3, -0.25) is 0 Å². The third-order valence-electron chi connectivity index (χ3n) is 2.34. The number of rotatable bonds is 0. The normalized spacial score (nSPS) is 11.2. The molecular formula is C9H7BrClFN2. The summed E-state index contributed by atoms with van der Waals surface area (Å²) in [5, 5.41) is 0.948. The zero-order chi connectivity index (χ0) is 10.5. The maximum Gasteiger partial charge on any atom is 0.165 e. The van der Waals surface area contributed by atoms with Gasteiger partial charge in [0.05, 0.1) is 17.1 Å². The third-order valence-corrected chi connectivity index (χ3v) is 3.59. The van der Waals surface area contributed by atoms with Crippen molar-refractivity contribution in [2.45, 2.75) is 6.92 Å². The first-order valence-electron chi connectivity index (χ1n) is 3.98. The van der Waals surface area contributed by atoms with E-state index in [0.29, 0.717) is 16.1 Å². The molecule has 0 aliphatic rings. The predicted octanol–water partition coefficient (Wildman–Crippen LogP) is 3.44. The lowest BCUT2D eigenvalue weighted by Gasteiger charge is -1.99. The van der Waals surface area contributed by atoms with Gasteiger partial charge in [0, 0.05) is 17.2 Å². The smallest absolute Gasteiger partial charge is 0.165 e. The quantitative estimate of drug-likeness (QED) is 0.675. The van der Waals surface area contributed by atoms with E-state index in [4.69, 9.17) is 11.6 Å². The monoisotopic (exact) mass is 276 g/mol. The molecule has 0 saturated heterocycles. The minimum Gasteiger partial charge on any atom is -0.344 e. The van der Waals surface area contributed by atoms with Gasteiger partial charge in [-0.15, -0.1) is 0 Å². The SMILES string of the molecule is Cc1c(Br)c2c(Cl)ncc(F)c2n1C. The summed E-state index contributed by atoms with van der Waals surface area (Å²) in [6.07, 6.45) is 1.14. The van der Waals surface area contributed by atoms with Crippen molar-refractivity contribution >= 4 is 38.4 Å². The Morgan fingerprint density at radius 2 is 2.21 bits per heavy atom. The van der Waals surface area contributed by atoms with E-state index in [1.807, 2.05) is 6.92 Å². The summed E-state index contributed by atoms with van der Waals surface area (Å²) in [5.74, 6) is -0.360. The van der Waals surface area contributed by atoms with Crippen LogP contribution >= 0.6 is 27.5 Å². The minimum absolute atomic E-state index is 0.317. The van der Waals surface area contributed by atoms with Crippen LogP contribution in [0, 0.1) is 12.7 Å². The second kappa shape index (κ2) is 3.21. The van der Waals surface area contributed by atoms with Crippen molar-refractivity contribution in [3.8, 4) is 0 Å². The van der Waals surface area contributed by atoms with Gasteiger partial charge in [0.2, 0.25) is 0 Å². The van der Waals surface area contributed by atoms with Crippen LogP contribution in [-0.2, 0) is 7.05 Å².